The fourth-order valence-electron chi connectivity index (χ4n) is 2.01. The van der Waals surface area contributed by atoms with Crippen LogP contribution in [0, 0.1) is 20.8 Å². The molecule has 3 aromatic rings. The molecular formula is C13H13ClN4S. The molecule has 0 aliphatic carbocycles. The van der Waals surface area contributed by atoms with Gasteiger partial charge in [0, 0.05) is 11.1 Å². The van der Waals surface area contributed by atoms with E-state index < -0.39 is 0 Å². The summed E-state index contributed by atoms with van der Waals surface area (Å²) < 4.78 is 1.82. The summed E-state index contributed by atoms with van der Waals surface area (Å²) in [7, 11) is 0. The van der Waals surface area contributed by atoms with Crippen molar-refractivity contribution >= 4 is 33.2 Å². The number of halogens is 1. The lowest BCUT2D eigenvalue weighted by Crippen LogP contribution is -2.05. The van der Waals surface area contributed by atoms with E-state index in [1.54, 1.807) is 11.3 Å². The quantitative estimate of drug-likeness (QED) is 0.679. The van der Waals surface area contributed by atoms with Crippen LogP contribution in [0.2, 0.25) is 5.15 Å². The lowest BCUT2D eigenvalue weighted by atomic mass is 10.2. The van der Waals surface area contributed by atoms with Crippen molar-refractivity contribution in [3.63, 3.8) is 0 Å². The Hall–Kier alpha value is -1.46. The van der Waals surface area contributed by atoms with Gasteiger partial charge in [0.05, 0.1) is 11.1 Å². The average molecular weight is 293 g/mol. The maximum atomic E-state index is 6.28. The molecule has 3 rings (SSSR count). The van der Waals surface area contributed by atoms with E-state index in [1.807, 2.05) is 23.9 Å². The van der Waals surface area contributed by atoms with Gasteiger partial charge in [0.25, 0.3) is 0 Å². The zero-order chi connectivity index (χ0) is 13.6. The van der Waals surface area contributed by atoms with E-state index in [0.29, 0.717) is 17.5 Å². The molecular weight excluding hydrogens is 280 g/mol. The average Bonchev–Trinajstić information content (AvgIpc) is 2.85. The zero-order valence-corrected chi connectivity index (χ0v) is 12.5. The molecule has 0 saturated heterocycles. The van der Waals surface area contributed by atoms with E-state index >= 15 is 0 Å². The molecule has 0 unspecified atom stereocenters. The van der Waals surface area contributed by atoms with Crippen molar-refractivity contribution in [2.75, 3.05) is 0 Å². The van der Waals surface area contributed by atoms with Crippen LogP contribution in [0.4, 0.5) is 0 Å². The molecule has 19 heavy (non-hydrogen) atoms. The first-order valence-corrected chi connectivity index (χ1v) is 7.16. The summed E-state index contributed by atoms with van der Waals surface area (Å²) in [5.41, 5.74) is 2.15. The number of rotatable bonds is 2. The molecule has 4 nitrogen and oxygen atoms in total. The van der Waals surface area contributed by atoms with Gasteiger partial charge >= 0.3 is 0 Å². The van der Waals surface area contributed by atoms with E-state index in [-0.39, 0.29) is 0 Å². The van der Waals surface area contributed by atoms with Crippen LogP contribution in [0.25, 0.3) is 10.2 Å². The summed E-state index contributed by atoms with van der Waals surface area (Å²) in [6, 6.07) is 1.96. The van der Waals surface area contributed by atoms with Crippen molar-refractivity contribution < 1.29 is 0 Å². The molecule has 0 fully saturated rings. The number of hydrogen-bond donors (Lipinski definition) is 0. The molecule has 0 aliphatic rings. The standard InChI is InChI=1S/C13H13ClN4S/c1-7-4-5-18(17-7)6-10-15-12(14)11-8(2)9(3)19-13(11)16-10/h4-5H,6H2,1-3H3. The highest BCUT2D eigenvalue weighted by Crippen LogP contribution is 2.32. The van der Waals surface area contributed by atoms with Crippen LogP contribution in [-0.4, -0.2) is 19.7 Å². The van der Waals surface area contributed by atoms with Crippen LogP contribution >= 0.6 is 22.9 Å². The van der Waals surface area contributed by atoms with Crippen LogP contribution in [0.15, 0.2) is 12.3 Å². The highest BCUT2D eigenvalue weighted by Gasteiger charge is 2.13. The van der Waals surface area contributed by atoms with Gasteiger partial charge in [-0.25, -0.2) is 9.97 Å². The van der Waals surface area contributed by atoms with Gasteiger partial charge in [-0.2, -0.15) is 5.10 Å². The Kier molecular flexibility index (Phi) is 3.03. The van der Waals surface area contributed by atoms with Gasteiger partial charge in [-0.05, 0) is 32.4 Å². The maximum Gasteiger partial charge on any atom is 0.153 e. The van der Waals surface area contributed by atoms with E-state index in [1.165, 1.54) is 10.4 Å². The normalized spacial score (nSPS) is 11.4. The highest BCUT2D eigenvalue weighted by atomic mass is 35.5. The molecule has 0 aliphatic heterocycles. The Balaban J connectivity index is 2.06. The smallest absolute Gasteiger partial charge is 0.153 e. The predicted octanol–water partition coefficient (Wildman–Crippen LogP) is 3.51. The molecule has 0 atom stereocenters. The number of nitrogens with zero attached hydrogens (tertiary/aromatic N) is 4. The van der Waals surface area contributed by atoms with Gasteiger partial charge in [-0.1, -0.05) is 11.6 Å². The van der Waals surface area contributed by atoms with E-state index in [9.17, 15) is 0 Å². The predicted molar refractivity (Wildman–Crippen MR) is 78.0 cm³/mol. The second-order valence-electron chi connectivity index (χ2n) is 4.55. The third-order valence-corrected chi connectivity index (χ3v) is 4.48. The maximum absolute atomic E-state index is 6.28. The first-order chi connectivity index (χ1) is 9.04. The highest BCUT2D eigenvalue weighted by molar-refractivity contribution is 7.18. The monoisotopic (exact) mass is 292 g/mol. The van der Waals surface area contributed by atoms with Gasteiger partial charge in [-0.15, -0.1) is 11.3 Å². The first kappa shape index (κ1) is 12.6. The number of fused-ring (bicyclic) bond motifs is 1. The first-order valence-electron chi connectivity index (χ1n) is 5.97. The Labute approximate surface area is 120 Å². The lowest BCUT2D eigenvalue weighted by Gasteiger charge is -2.02. The van der Waals surface area contributed by atoms with Crippen molar-refractivity contribution in [1.82, 2.24) is 19.7 Å². The van der Waals surface area contributed by atoms with Gasteiger partial charge in [0.15, 0.2) is 5.82 Å². The summed E-state index contributed by atoms with van der Waals surface area (Å²) in [5, 5.41) is 5.84. The summed E-state index contributed by atoms with van der Waals surface area (Å²) in [4.78, 5) is 11.2. The second kappa shape index (κ2) is 4.58. The van der Waals surface area contributed by atoms with Gasteiger partial charge < -0.3 is 0 Å². The zero-order valence-electron chi connectivity index (χ0n) is 10.9. The fourth-order valence-corrected chi connectivity index (χ4v) is 3.44. The number of hydrogen-bond acceptors (Lipinski definition) is 4. The van der Waals surface area contributed by atoms with Crippen LogP contribution < -0.4 is 0 Å². The third kappa shape index (κ3) is 2.24. The van der Waals surface area contributed by atoms with Crippen LogP contribution in [0.3, 0.4) is 0 Å². The Bertz CT molecular complexity index is 759. The van der Waals surface area contributed by atoms with Crippen molar-refractivity contribution in [1.29, 1.82) is 0 Å². The van der Waals surface area contributed by atoms with Crippen LogP contribution in [0.1, 0.15) is 22.0 Å². The van der Waals surface area contributed by atoms with Crippen molar-refractivity contribution in [2.24, 2.45) is 0 Å². The molecule has 0 aromatic carbocycles. The topological polar surface area (TPSA) is 43.6 Å². The molecule has 0 radical (unpaired) electrons. The van der Waals surface area contributed by atoms with Gasteiger partial charge in [0.2, 0.25) is 0 Å². The Morgan fingerprint density at radius 1 is 1.26 bits per heavy atom. The fraction of sp³-hybridized carbons (Fsp3) is 0.308. The molecule has 6 heteroatoms. The number of aryl methyl sites for hydroxylation is 3. The van der Waals surface area contributed by atoms with Gasteiger partial charge in [-0.3, -0.25) is 4.68 Å². The molecule has 98 valence electrons. The molecule has 0 N–H and O–H groups in total. The van der Waals surface area contributed by atoms with Crippen molar-refractivity contribution in [3.8, 4) is 0 Å². The van der Waals surface area contributed by atoms with Crippen molar-refractivity contribution in [2.45, 2.75) is 27.3 Å². The molecule has 0 bridgehead atoms. The summed E-state index contributed by atoms with van der Waals surface area (Å²) in [5.74, 6) is 0.696. The third-order valence-electron chi connectivity index (χ3n) is 3.11. The van der Waals surface area contributed by atoms with Crippen LogP contribution in [0.5, 0.6) is 0 Å². The minimum absolute atomic E-state index is 0.533. The summed E-state index contributed by atoms with van der Waals surface area (Å²) >= 11 is 7.94. The van der Waals surface area contributed by atoms with Crippen molar-refractivity contribution in [3.05, 3.63) is 39.4 Å². The van der Waals surface area contributed by atoms with E-state index in [2.05, 4.69) is 28.9 Å². The lowest BCUT2D eigenvalue weighted by molar-refractivity contribution is 0.652. The SMILES string of the molecule is Cc1ccn(Cc2nc(Cl)c3c(C)c(C)sc3n2)n1. The molecule has 0 amide bonds. The molecule has 3 aromatic heterocycles. The van der Waals surface area contributed by atoms with E-state index in [0.717, 1.165) is 15.9 Å². The minimum Gasteiger partial charge on any atom is -0.265 e. The second-order valence-corrected chi connectivity index (χ2v) is 6.11. The molecule has 0 spiro atoms. The van der Waals surface area contributed by atoms with E-state index in [4.69, 9.17) is 11.6 Å². The molecule has 3 heterocycles. The Morgan fingerprint density at radius 2 is 2.05 bits per heavy atom. The molecule has 0 saturated carbocycles. The summed E-state index contributed by atoms with van der Waals surface area (Å²) in [6.07, 6.45) is 1.92. The largest absolute Gasteiger partial charge is 0.265 e. The van der Waals surface area contributed by atoms with Gasteiger partial charge in [0.1, 0.15) is 16.5 Å². The minimum atomic E-state index is 0.533. The summed E-state index contributed by atoms with van der Waals surface area (Å²) in [6.45, 7) is 6.63. The number of thiophene rings is 1. The van der Waals surface area contributed by atoms with Crippen LogP contribution in [-0.2, 0) is 6.54 Å². The number of aromatic nitrogens is 4. The Morgan fingerprint density at radius 3 is 2.74 bits per heavy atom.